The van der Waals surface area contributed by atoms with Gasteiger partial charge in [0.1, 0.15) is 11.9 Å². The van der Waals surface area contributed by atoms with E-state index >= 15 is 0 Å². The molecule has 37 heavy (non-hydrogen) atoms. The van der Waals surface area contributed by atoms with E-state index in [1.54, 1.807) is 12.1 Å². The van der Waals surface area contributed by atoms with Gasteiger partial charge in [-0.1, -0.05) is 55.7 Å². The average molecular weight is 498 g/mol. The molecule has 0 saturated heterocycles. The maximum atomic E-state index is 14.4. The molecule has 6 heteroatoms. The van der Waals surface area contributed by atoms with Crippen LogP contribution < -0.4 is 10.2 Å². The van der Waals surface area contributed by atoms with E-state index in [0.29, 0.717) is 5.69 Å². The van der Waals surface area contributed by atoms with Gasteiger partial charge < -0.3 is 10.3 Å². The predicted octanol–water partition coefficient (Wildman–Crippen LogP) is 6.38. The standard InChI is InChI=1S/C31H32FN3O2/c1-21-8-5-6-13-27(21)30(31(37)34-25-10-3-2-4-11-25)35(26-12-7-9-24(32)20-26)29(36)19-22-14-15-28-23(18-22)16-17-33-28/h5-9,12-18,20,25,30,33H,2-4,10-11,19H2,1H3,(H,34,37). The normalized spacial score (nSPS) is 14.9. The van der Waals surface area contributed by atoms with Crippen molar-refractivity contribution in [3.63, 3.8) is 0 Å². The molecule has 1 aliphatic rings. The van der Waals surface area contributed by atoms with E-state index < -0.39 is 11.9 Å². The Morgan fingerprint density at radius 2 is 1.81 bits per heavy atom. The van der Waals surface area contributed by atoms with Crippen molar-refractivity contribution in [1.82, 2.24) is 10.3 Å². The molecule has 1 heterocycles. The van der Waals surface area contributed by atoms with Gasteiger partial charge in [-0.2, -0.15) is 0 Å². The van der Waals surface area contributed by atoms with Crippen molar-refractivity contribution in [2.75, 3.05) is 4.90 Å². The number of hydrogen-bond donors (Lipinski definition) is 2. The van der Waals surface area contributed by atoms with Crippen LogP contribution in [0.5, 0.6) is 0 Å². The summed E-state index contributed by atoms with van der Waals surface area (Å²) >= 11 is 0. The molecular weight excluding hydrogens is 465 g/mol. The van der Waals surface area contributed by atoms with E-state index in [-0.39, 0.29) is 24.3 Å². The molecule has 1 aromatic heterocycles. The summed E-state index contributed by atoms with van der Waals surface area (Å²) < 4.78 is 14.4. The van der Waals surface area contributed by atoms with Gasteiger partial charge in [-0.05, 0) is 78.2 Å². The monoisotopic (exact) mass is 497 g/mol. The summed E-state index contributed by atoms with van der Waals surface area (Å²) in [6.07, 6.45) is 7.12. The Kier molecular flexibility index (Phi) is 7.35. The number of nitrogens with one attached hydrogen (secondary N) is 2. The highest BCUT2D eigenvalue weighted by atomic mass is 19.1. The first-order valence-electron chi connectivity index (χ1n) is 13.0. The lowest BCUT2D eigenvalue weighted by Gasteiger charge is -2.34. The van der Waals surface area contributed by atoms with Crippen molar-refractivity contribution in [3.8, 4) is 0 Å². The number of aromatic nitrogens is 1. The number of hydrogen-bond acceptors (Lipinski definition) is 2. The molecule has 0 spiro atoms. The maximum Gasteiger partial charge on any atom is 0.248 e. The third-order valence-corrected chi connectivity index (χ3v) is 7.27. The zero-order valence-corrected chi connectivity index (χ0v) is 21.0. The fourth-order valence-electron chi connectivity index (χ4n) is 5.35. The van der Waals surface area contributed by atoms with Crippen LogP contribution in [0.3, 0.4) is 0 Å². The van der Waals surface area contributed by atoms with Crippen molar-refractivity contribution < 1.29 is 14.0 Å². The summed E-state index contributed by atoms with van der Waals surface area (Å²) in [4.78, 5) is 32.6. The molecule has 1 atom stereocenters. The summed E-state index contributed by atoms with van der Waals surface area (Å²) in [6.45, 7) is 1.93. The highest BCUT2D eigenvalue weighted by Crippen LogP contribution is 2.32. The van der Waals surface area contributed by atoms with E-state index in [1.807, 2.05) is 61.7 Å². The van der Waals surface area contributed by atoms with Crippen LogP contribution in [-0.4, -0.2) is 22.8 Å². The summed E-state index contributed by atoms with van der Waals surface area (Å²) in [5.41, 5.74) is 3.81. The van der Waals surface area contributed by atoms with Gasteiger partial charge in [0, 0.05) is 23.4 Å². The number of H-pyrrole nitrogens is 1. The van der Waals surface area contributed by atoms with Crippen molar-refractivity contribution in [3.05, 3.63) is 102 Å². The topological polar surface area (TPSA) is 65.2 Å². The van der Waals surface area contributed by atoms with Crippen molar-refractivity contribution in [2.45, 2.75) is 57.5 Å². The predicted molar refractivity (Wildman–Crippen MR) is 145 cm³/mol. The van der Waals surface area contributed by atoms with E-state index in [1.165, 1.54) is 23.5 Å². The second kappa shape index (κ2) is 11.0. The van der Waals surface area contributed by atoms with Crippen molar-refractivity contribution in [2.24, 2.45) is 0 Å². The second-order valence-corrected chi connectivity index (χ2v) is 9.92. The summed E-state index contributed by atoms with van der Waals surface area (Å²) in [7, 11) is 0. The number of aryl methyl sites for hydroxylation is 1. The summed E-state index contributed by atoms with van der Waals surface area (Å²) in [6, 6.07) is 20.5. The molecule has 1 unspecified atom stereocenters. The van der Waals surface area contributed by atoms with Crippen molar-refractivity contribution >= 4 is 28.4 Å². The number of fused-ring (bicyclic) bond motifs is 1. The van der Waals surface area contributed by atoms with E-state index in [2.05, 4.69) is 10.3 Å². The van der Waals surface area contributed by atoms with Gasteiger partial charge in [-0.25, -0.2) is 4.39 Å². The Morgan fingerprint density at radius 1 is 1.00 bits per heavy atom. The molecule has 2 N–H and O–H groups in total. The van der Waals surface area contributed by atoms with Gasteiger partial charge in [-0.3, -0.25) is 14.5 Å². The molecule has 1 aliphatic carbocycles. The number of carbonyl (C=O) groups is 2. The molecule has 5 rings (SSSR count). The first kappa shape index (κ1) is 24.8. The minimum Gasteiger partial charge on any atom is -0.361 e. The quantitative estimate of drug-likeness (QED) is 0.311. The smallest absolute Gasteiger partial charge is 0.248 e. The minimum atomic E-state index is -0.923. The van der Waals surface area contributed by atoms with Crippen LogP contribution in [0.1, 0.15) is 54.8 Å². The molecule has 2 amide bonds. The lowest BCUT2D eigenvalue weighted by Crippen LogP contribution is -2.48. The second-order valence-electron chi connectivity index (χ2n) is 9.92. The molecule has 0 bridgehead atoms. The Labute approximate surface area is 216 Å². The van der Waals surface area contributed by atoms with Crippen LogP contribution in [-0.2, 0) is 16.0 Å². The van der Waals surface area contributed by atoms with Gasteiger partial charge in [0.15, 0.2) is 0 Å². The molecule has 1 fully saturated rings. The van der Waals surface area contributed by atoms with Crippen LogP contribution in [0.2, 0.25) is 0 Å². The first-order chi connectivity index (χ1) is 18.0. The Bertz CT molecular complexity index is 1410. The molecule has 190 valence electrons. The molecular formula is C31H32FN3O2. The number of nitrogens with zero attached hydrogens (tertiary/aromatic N) is 1. The van der Waals surface area contributed by atoms with E-state index in [9.17, 15) is 14.0 Å². The van der Waals surface area contributed by atoms with Crippen LogP contribution in [0.4, 0.5) is 10.1 Å². The number of rotatable bonds is 7. The summed E-state index contributed by atoms with van der Waals surface area (Å²) in [5, 5.41) is 4.23. The molecule has 5 nitrogen and oxygen atoms in total. The van der Waals surface area contributed by atoms with Gasteiger partial charge in [0.25, 0.3) is 0 Å². The highest BCUT2D eigenvalue weighted by Gasteiger charge is 2.35. The number of amides is 2. The van der Waals surface area contributed by atoms with Crippen LogP contribution >= 0.6 is 0 Å². The van der Waals surface area contributed by atoms with Gasteiger partial charge in [0.05, 0.1) is 6.42 Å². The zero-order chi connectivity index (χ0) is 25.8. The van der Waals surface area contributed by atoms with Crippen LogP contribution in [0.25, 0.3) is 10.9 Å². The Hall–Kier alpha value is -3.93. The Morgan fingerprint density at radius 3 is 2.59 bits per heavy atom. The number of benzene rings is 3. The highest BCUT2D eigenvalue weighted by molar-refractivity contribution is 6.02. The average Bonchev–Trinajstić information content (AvgIpc) is 3.36. The van der Waals surface area contributed by atoms with Gasteiger partial charge >= 0.3 is 0 Å². The number of halogens is 1. The van der Waals surface area contributed by atoms with E-state index in [0.717, 1.165) is 53.3 Å². The molecule has 0 aliphatic heterocycles. The zero-order valence-electron chi connectivity index (χ0n) is 21.0. The van der Waals surface area contributed by atoms with Gasteiger partial charge in [0.2, 0.25) is 11.8 Å². The Balaban J connectivity index is 1.56. The number of anilines is 1. The molecule has 1 saturated carbocycles. The van der Waals surface area contributed by atoms with Crippen LogP contribution in [0.15, 0.2) is 79.0 Å². The maximum absolute atomic E-state index is 14.4. The van der Waals surface area contributed by atoms with Gasteiger partial charge in [-0.15, -0.1) is 0 Å². The lowest BCUT2D eigenvalue weighted by molar-refractivity contribution is -0.127. The third kappa shape index (κ3) is 5.58. The largest absolute Gasteiger partial charge is 0.361 e. The number of aromatic amines is 1. The lowest BCUT2D eigenvalue weighted by atomic mass is 9.93. The molecule has 0 radical (unpaired) electrons. The first-order valence-corrected chi connectivity index (χ1v) is 13.0. The summed E-state index contributed by atoms with van der Waals surface area (Å²) in [5.74, 6) is -0.965. The third-order valence-electron chi connectivity index (χ3n) is 7.27. The van der Waals surface area contributed by atoms with Crippen molar-refractivity contribution in [1.29, 1.82) is 0 Å². The fourth-order valence-corrected chi connectivity index (χ4v) is 5.35. The van der Waals surface area contributed by atoms with E-state index in [4.69, 9.17) is 0 Å². The fraction of sp³-hybridized carbons (Fsp3) is 0.290. The molecule has 3 aromatic carbocycles. The minimum absolute atomic E-state index is 0.0771. The van der Waals surface area contributed by atoms with Crippen LogP contribution in [0, 0.1) is 12.7 Å². The SMILES string of the molecule is Cc1ccccc1C(C(=O)NC1CCCCC1)N(C(=O)Cc1ccc2[nH]ccc2c1)c1cccc(F)c1. The molecule has 4 aromatic rings. The number of carbonyl (C=O) groups excluding carboxylic acids is 2.